The summed E-state index contributed by atoms with van der Waals surface area (Å²) < 4.78 is 43.1. The molecule has 0 radical (unpaired) electrons. The van der Waals surface area contributed by atoms with Crippen LogP contribution < -0.4 is 29.5 Å². The molecule has 278 valence electrons. The van der Waals surface area contributed by atoms with Crippen molar-refractivity contribution in [2.24, 2.45) is 0 Å². The number of anilines is 2. The van der Waals surface area contributed by atoms with Crippen LogP contribution in [0, 0.1) is 0 Å². The van der Waals surface area contributed by atoms with Crippen molar-refractivity contribution in [3.8, 4) is 45.3 Å². The lowest BCUT2D eigenvalue weighted by Crippen LogP contribution is -2.31. The Balaban J connectivity index is 1.09. The minimum atomic E-state index is -3.53. The van der Waals surface area contributed by atoms with E-state index in [1.165, 1.54) is 0 Å². The highest BCUT2D eigenvalue weighted by atomic mass is 31.2. The molecule has 2 heterocycles. The van der Waals surface area contributed by atoms with E-state index >= 15 is 9.13 Å². The second-order valence-corrected chi connectivity index (χ2v) is 18.6. The van der Waals surface area contributed by atoms with Gasteiger partial charge in [-0.05, 0) is 71.8 Å². The molecule has 9 rings (SSSR count). The van der Waals surface area contributed by atoms with Crippen LogP contribution in [0.25, 0.3) is 22.3 Å². The predicted octanol–water partition coefficient (Wildman–Crippen LogP) is 10.4. The van der Waals surface area contributed by atoms with Crippen molar-refractivity contribution in [1.82, 2.24) is 0 Å². The average Bonchev–Trinajstić information content (AvgIpc) is 3.22. The summed E-state index contributed by atoms with van der Waals surface area (Å²) in [4.78, 5) is 3.94. The molecule has 2 unspecified atom stereocenters. The molecule has 0 aliphatic carbocycles. The molecule has 10 heteroatoms. The first kappa shape index (κ1) is 35.5. The summed E-state index contributed by atoms with van der Waals surface area (Å²) in [5.74, 6) is 1.40. The maximum atomic E-state index is 15.1. The highest BCUT2D eigenvalue weighted by molar-refractivity contribution is 7.68. The number of benzene rings is 7. The number of nitrogens with zero attached hydrogens (tertiary/aromatic N) is 2. The van der Waals surface area contributed by atoms with Crippen molar-refractivity contribution in [2.75, 3.05) is 22.4 Å². The van der Waals surface area contributed by atoms with Gasteiger partial charge in [0.25, 0.3) is 14.7 Å². The Labute approximate surface area is 325 Å². The molecule has 2 atom stereocenters. The second kappa shape index (κ2) is 14.5. The van der Waals surface area contributed by atoms with Crippen LogP contribution in [0.3, 0.4) is 0 Å². The maximum absolute atomic E-state index is 15.1. The standard InChI is InChI=1S/C46H38N2O6P2/c49-41-19-7-1-13-33(41)29-47(31-55(51)45-23-11-5-17-39(45)37-15-3-9-21-43(37)53-55)35-25-27-36(28-26-35)48(30-34-14-2-8-20-42(34)50)32-56(52)46-24-12-6-18-40(46)38-16-4-10-22-44(38)54-56/h1-28,49-50H,29-32H2. The summed E-state index contributed by atoms with van der Waals surface area (Å²) in [5.41, 5.74) is 6.36. The first-order chi connectivity index (χ1) is 27.3. The summed E-state index contributed by atoms with van der Waals surface area (Å²) in [7, 11) is -7.06. The van der Waals surface area contributed by atoms with Gasteiger partial charge in [-0.3, -0.25) is 9.13 Å². The summed E-state index contributed by atoms with van der Waals surface area (Å²) in [6, 6.07) is 52.6. The fourth-order valence-corrected chi connectivity index (χ4v) is 12.4. The fraction of sp³-hybridized carbons (Fsp3) is 0.0870. The van der Waals surface area contributed by atoms with Gasteiger partial charge in [-0.15, -0.1) is 0 Å². The quantitative estimate of drug-likeness (QED) is 0.133. The number of phenolic OH excluding ortho intramolecular Hbond substituents is 2. The lowest BCUT2D eigenvalue weighted by atomic mass is 10.0. The van der Waals surface area contributed by atoms with E-state index in [0.29, 0.717) is 33.2 Å². The van der Waals surface area contributed by atoms with Gasteiger partial charge in [0.2, 0.25) is 0 Å². The molecular formula is C46H38N2O6P2. The van der Waals surface area contributed by atoms with Gasteiger partial charge in [0.1, 0.15) is 35.6 Å². The normalized spacial score (nSPS) is 17.6. The summed E-state index contributed by atoms with van der Waals surface area (Å²) in [5, 5.41) is 23.0. The number of fused-ring (bicyclic) bond motifs is 6. The molecule has 0 saturated carbocycles. The number of aromatic hydroxyl groups is 2. The first-order valence-electron chi connectivity index (χ1n) is 18.4. The van der Waals surface area contributed by atoms with E-state index < -0.39 is 14.7 Å². The predicted molar refractivity (Wildman–Crippen MR) is 224 cm³/mol. The van der Waals surface area contributed by atoms with E-state index in [4.69, 9.17) is 9.05 Å². The summed E-state index contributed by atoms with van der Waals surface area (Å²) in [6.45, 7) is 0.508. The Bertz CT molecular complexity index is 2500. The zero-order valence-corrected chi connectivity index (χ0v) is 32.1. The van der Waals surface area contributed by atoms with Crippen molar-refractivity contribution in [3.05, 3.63) is 181 Å². The monoisotopic (exact) mass is 776 g/mol. The highest BCUT2D eigenvalue weighted by Crippen LogP contribution is 2.57. The number of para-hydroxylation sites is 4. The molecule has 0 amide bonds. The number of hydrogen-bond acceptors (Lipinski definition) is 8. The second-order valence-electron chi connectivity index (χ2n) is 14.0. The van der Waals surface area contributed by atoms with Crippen molar-refractivity contribution in [2.45, 2.75) is 13.1 Å². The Kier molecular flexibility index (Phi) is 9.17. The molecule has 2 aliphatic rings. The third-order valence-electron chi connectivity index (χ3n) is 10.4. The smallest absolute Gasteiger partial charge is 0.296 e. The van der Waals surface area contributed by atoms with Gasteiger partial charge < -0.3 is 29.1 Å². The number of phenols is 2. The molecule has 0 bridgehead atoms. The molecule has 0 fully saturated rings. The van der Waals surface area contributed by atoms with Gasteiger partial charge in [0.05, 0.1) is 10.6 Å². The van der Waals surface area contributed by atoms with Crippen LogP contribution in [0.5, 0.6) is 23.0 Å². The molecular weight excluding hydrogens is 738 g/mol. The van der Waals surface area contributed by atoms with E-state index in [1.54, 1.807) is 24.3 Å². The van der Waals surface area contributed by atoms with Gasteiger partial charge in [0.15, 0.2) is 0 Å². The van der Waals surface area contributed by atoms with Crippen molar-refractivity contribution >= 4 is 36.7 Å². The van der Waals surface area contributed by atoms with Gasteiger partial charge in [-0.1, -0.05) is 109 Å². The van der Waals surface area contributed by atoms with Crippen LogP contribution in [0.4, 0.5) is 11.4 Å². The van der Waals surface area contributed by atoms with E-state index in [2.05, 4.69) is 0 Å². The molecule has 8 nitrogen and oxygen atoms in total. The minimum absolute atomic E-state index is 0.0346. The molecule has 7 aromatic rings. The topological polar surface area (TPSA) is 99.5 Å². The molecule has 2 N–H and O–H groups in total. The van der Waals surface area contributed by atoms with Crippen molar-refractivity contribution < 1.29 is 28.4 Å². The molecule has 2 aliphatic heterocycles. The lowest BCUT2D eigenvalue weighted by Gasteiger charge is -2.35. The molecule has 0 saturated heterocycles. The van der Waals surface area contributed by atoms with Crippen molar-refractivity contribution in [1.29, 1.82) is 0 Å². The Morgan fingerprint density at radius 1 is 0.411 bits per heavy atom. The van der Waals surface area contributed by atoms with Crippen LogP contribution in [0.15, 0.2) is 170 Å². The minimum Gasteiger partial charge on any atom is -0.508 e. The van der Waals surface area contributed by atoms with Crippen LogP contribution in [0.2, 0.25) is 0 Å². The third-order valence-corrected chi connectivity index (χ3v) is 15.0. The number of rotatable bonds is 10. The van der Waals surface area contributed by atoms with E-state index in [-0.39, 0.29) is 37.2 Å². The van der Waals surface area contributed by atoms with Crippen LogP contribution in [-0.4, -0.2) is 22.8 Å². The Hall–Kier alpha value is -6.20. The number of hydrogen-bond donors (Lipinski definition) is 2. The first-order valence-corrected chi connectivity index (χ1v) is 22.0. The van der Waals surface area contributed by atoms with Gasteiger partial charge in [-0.25, -0.2) is 0 Å². The van der Waals surface area contributed by atoms with Crippen molar-refractivity contribution in [3.63, 3.8) is 0 Å². The Morgan fingerprint density at radius 3 is 1.16 bits per heavy atom. The van der Waals surface area contributed by atoms with Gasteiger partial charge >= 0.3 is 0 Å². The summed E-state index contributed by atoms with van der Waals surface area (Å²) >= 11 is 0. The van der Waals surface area contributed by atoms with Gasteiger partial charge in [0, 0.05) is 46.7 Å². The fourth-order valence-electron chi connectivity index (χ4n) is 7.63. The summed E-state index contributed by atoms with van der Waals surface area (Å²) in [6.07, 6.45) is 0.0692. The van der Waals surface area contributed by atoms with Crippen LogP contribution >= 0.6 is 14.7 Å². The lowest BCUT2D eigenvalue weighted by molar-refractivity contribution is 0.466. The zero-order valence-electron chi connectivity index (χ0n) is 30.3. The van der Waals surface area contributed by atoms with E-state index in [1.807, 2.05) is 155 Å². The van der Waals surface area contributed by atoms with Crippen LogP contribution in [-0.2, 0) is 22.2 Å². The average molecular weight is 777 g/mol. The van der Waals surface area contributed by atoms with E-state index in [9.17, 15) is 10.2 Å². The maximum Gasteiger partial charge on any atom is 0.296 e. The Morgan fingerprint density at radius 2 is 0.750 bits per heavy atom. The molecule has 0 aromatic heterocycles. The third kappa shape index (κ3) is 6.62. The molecule has 7 aromatic carbocycles. The molecule has 0 spiro atoms. The van der Waals surface area contributed by atoms with Gasteiger partial charge in [-0.2, -0.15) is 0 Å². The largest absolute Gasteiger partial charge is 0.508 e. The van der Waals surface area contributed by atoms with E-state index in [0.717, 1.165) is 33.6 Å². The van der Waals surface area contributed by atoms with Crippen LogP contribution in [0.1, 0.15) is 11.1 Å². The SMILES string of the molecule is O=P1(CN(Cc2ccccc2O)c2ccc(N(Cc3ccccc3O)CP3(=O)Oc4ccccc4-c4ccccc43)cc2)Oc2ccccc2-c2ccccc21. The zero-order chi connectivity index (χ0) is 38.3. The highest BCUT2D eigenvalue weighted by Gasteiger charge is 2.39. The molecule has 56 heavy (non-hydrogen) atoms.